The predicted octanol–water partition coefficient (Wildman–Crippen LogP) is 3.27. The molecule has 0 radical (unpaired) electrons. The Labute approximate surface area is 113 Å². The summed E-state index contributed by atoms with van der Waals surface area (Å²) < 4.78 is 0. The molecule has 19 heavy (non-hydrogen) atoms. The van der Waals surface area contributed by atoms with Gasteiger partial charge in [0.2, 0.25) is 0 Å². The molecule has 4 heteroatoms. The van der Waals surface area contributed by atoms with Crippen LogP contribution in [0.4, 0.5) is 5.82 Å². The Morgan fingerprint density at radius 1 is 1.26 bits per heavy atom. The zero-order valence-corrected chi connectivity index (χ0v) is 11.7. The summed E-state index contributed by atoms with van der Waals surface area (Å²) in [6, 6.07) is 9.35. The SMILES string of the molecule is Cc1cccc(C(=O)Nc2cc(C(C)(C)C)[nH]n2)c1. The van der Waals surface area contributed by atoms with Gasteiger partial charge >= 0.3 is 0 Å². The predicted molar refractivity (Wildman–Crippen MR) is 76.4 cm³/mol. The summed E-state index contributed by atoms with van der Waals surface area (Å²) in [4.78, 5) is 12.1. The first kappa shape index (κ1) is 13.3. The molecule has 2 rings (SSSR count). The molecule has 1 aromatic heterocycles. The molecule has 0 atom stereocenters. The van der Waals surface area contributed by atoms with Crippen molar-refractivity contribution in [2.45, 2.75) is 33.1 Å². The van der Waals surface area contributed by atoms with Crippen LogP contribution in [0.15, 0.2) is 30.3 Å². The molecule has 1 aromatic carbocycles. The van der Waals surface area contributed by atoms with E-state index in [0.29, 0.717) is 11.4 Å². The molecule has 0 spiro atoms. The Bertz CT molecular complexity index is 593. The largest absolute Gasteiger partial charge is 0.305 e. The van der Waals surface area contributed by atoms with Crippen molar-refractivity contribution in [1.29, 1.82) is 0 Å². The van der Waals surface area contributed by atoms with Gasteiger partial charge in [0.1, 0.15) is 0 Å². The van der Waals surface area contributed by atoms with Crippen LogP contribution in [0, 0.1) is 6.92 Å². The number of carbonyl (C=O) groups excluding carboxylic acids is 1. The molecule has 0 saturated carbocycles. The van der Waals surface area contributed by atoms with Gasteiger partial charge in [0.05, 0.1) is 0 Å². The van der Waals surface area contributed by atoms with Crippen LogP contribution in [0.3, 0.4) is 0 Å². The number of rotatable bonds is 2. The van der Waals surface area contributed by atoms with Crippen LogP contribution < -0.4 is 5.32 Å². The van der Waals surface area contributed by atoms with Crippen LogP contribution in [0.25, 0.3) is 0 Å². The summed E-state index contributed by atoms with van der Waals surface area (Å²) in [5, 5.41) is 9.86. The monoisotopic (exact) mass is 257 g/mol. The second kappa shape index (κ2) is 4.88. The van der Waals surface area contributed by atoms with Crippen LogP contribution in [0.5, 0.6) is 0 Å². The van der Waals surface area contributed by atoms with E-state index in [1.807, 2.05) is 31.2 Å². The van der Waals surface area contributed by atoms with Gasteiger partial charge in [-0.15, -0.1) is 0 Å². The van der Waals surface area contributed by atoms with Crippen molar-refractivity contribution in [2.75, 3.05) is 5.32 Å². The third-order valence-electron chi connectivity index (χ3n) is 2.91. The van der Waals surface area contributed by atoms with E-state index in [0.717, 1.165) is 11.3 Å². The number of aryl methyl sites for hydroxylation is 1. The van der Waals surface area contributed by atoms with Gasteiger partial charge in [0.15, 0.2) is 5.82 Å². The highest BCUT2D eigenvalue weighted by atomic mass is 16.1. The normalized spacial score (nSPS) is 11.4. The molecule has 0 bridgehead atoms. The van der Waals surface area contributed by atoms with Gasteiger partial charge in [-0.1, -0.05) is 38.5 Å². The summed E-state index contributed by atoms with van der Waals surface area (Å²) >= 11 is 0. The highest BCUT2D eigenvalue weighted by Crippen LogP contribution is 2.22. The molecule has 4 nitrogen and oxygen atoms in total. The maximum Gasteiger partial charge on any atom is 0.256 e. The quantitative estimate of drug-likeness (QED) is 0.867. The average Bonchev–Trinajstić information content (AvgIpc) is 2.77. The molecule has 2 aromatic rings. The van der Waals surface area contributed by atoms with Crippen LogP contribution >= 0.6 is 0 Å². The third kappa shape index (κ3) is 3.22. The number of nitrogens with zero attached hydrogens (tertiary/aromatic N) is 1. The first-order chi connectivity index (χ1) is 8.86. The smallest absolute Gasteiger partial charge is 0.256 e. The number of aromatic amines is 1. The van der Waals surface area contributed by atoms with Gasteiger partial charge < -0.3 is 5.32 Å². The van der Waals surface area contributed by atoms with Crippen molar-refractivity contribution in [3.63, 3.8) is 0 Å². The molecule has 100 valence electrons. The Kier molecular flexibility index (Phi) is 3.42. The lowest BCUT2D eigenvalue weighted by Gasteiger charge is -2.14. The molecule has 0 saturated heterocycles. The lowest BCUT2D eigenvalue weighted by molar-refractivity contribution is 0.102. The fourth-order valence-electron chi connectivity index (χ4n) is 1.74. The van der Waals surface area contributed by atoms with E-state index in [1.165, 1.54) is 0 Å². The summed E-state index contributed by atoms with van der Waals surface area (Å²) in [6.07, 6.45) is 0. The highest BCUT2D eigenvalue weighted by molar-refractivity contribution is 6.03. The first-order valence-corrected chi connectivity index (χ1v) is 6.30. The number of nitrogens with one attached hydrogen (secondary N) is 2. The van der Waals surface area contributed by atoms with Gasteiger partial charge in [-0.3, -0.25) is 9.89 Å². The molecule has 1 heterocycles. The summed E-state index contributed by atoms with van der Waals surface area (Å²) in [5.41, 5.74) is 2.68. The van der Waals surface area contributed by atoms with E-state index in [2.05, 4.69) is 36.3 Å². The number of carbonyl (C=O) groups is 1. The van der Waals surface area contributed by atoms with Gasteiger partial charge in [0, 0.05) is 22.7 Å². The highest BCUT2D eigenvalue weighted by Gasteiger charge is 2.17. The Morgan fingerprint density at radius 2 is 2.00 bits per heavy atom. The molecule has 2 N–H and O–H groups in total. The van der Waals surface area contributed by atoms with Gasteiger partial charge in [0.25, 0.3) is 5.91 Å². The molecule has 0 aliphatic rings. The van der Waals surface area contributed by atoms with Crippen molar-refractivity contribution >= 4 is 11.7 Å². The summed E-state index contributed by atoms with van der Waals surface area (Å²) in [5.74, 6) is 0.409. The number of anilines is 1. The van der Waals surface area contributed by atoms with E-state index < -0.39 is 0 Å². The Balaban J connectivity index is 2.13. The molecular formula is C15H19N3O. The van der Waals surface area contributed by atoms with Crippen molar-refractivity contribution in [1.82, 2.24) is 10.2 Å². The van der Waals surface area contributed by atoms with Crippen LogP contribution in [0.1, 0.15) is 42.4 Å². The molecule has 0 aliphatic carbocycles. The second-order valence-electron chi connectivity index (χ2n) is 5.74. The standard InChI is InChI=1S/C15H19N3O/c1-10-6-5-7-11(8-10)14(19)16-13-9-12(17-18-13)15(2,3)4/h5-9H,1-4H3,(H2,16,17,18,19). The van der Waals surface area contributed by atoms with Crippen molar-refractivity contribution in [3.8, 4) is 0 Å². The van der Waals surface area contributed by atoms with E-state index in [1.54, 1.807) is 6.07 Å². The van der Waals surface area contributed by atoms with Crippen molar-refractivity contribution in [2.24, 2.45) is 0 Å². The number of benzene rings is 1. The van der Waals surface area contributed by atoms with E-state index >= 15 is 0 Å². The molecule has 1 amide bonds. The maximum absolute atomic E-state index is 12.1. The number of H-pyrrole nitrogens is 1. The molecular weight excluding hydrogens is 238 g/mol. The van der Waals surface area contributed by atoms with Gasteiger partial charge in [-0.05, 0) is 19.1 Å². The minimum absolute atomic E-state index is 0.0146. The zero-order chi connectivity index (χ0) is 14.0. The lowest BCUT2D eigenvalue weighted by atomic mass is 9.92. The topological polar surface area (TPSA) is 57.8 Å². The summed E-state index contributed by atoms with van der Waals surface area (Å²) in [7, 11) is 0. The number of aromatic nitrogens is 2. The molecule has 0 unspecified atom stereocenters. The minimum atomic E-state index is -0.143. The minimum Gasteiger partial charge on any atom is -0.305 e. The van der Waals surface area contributed by atoms with Gasteiger partial charge in [-0.2, -0.15) is 5.10 Å². The Morgan fingerprint density at radius 3 is 2.58 bits per heavy atom. The van der Waals surface area contributed by atoms with E-state index in [4.69, 9.17) is 0 Å². The van der Waals surface area contributed by atoms with Gasteiger partial charge in [-0.25, -0.2) is 0 Å². The fourth-order valence-corrected chi connectivity index (χ4v) is 1.74. The van der Waals surface area contributed by atoms with E-state index in [-0.39, 0.29) is 11.3 Å². The zero-order valence-electron chi connectivity index (χ0n) is 11.7. The molecule has 0 fully saturated rings. The third-order valence-corrected chi connectivity index (χ3v) is 2.91. The van der Waals surface area contributed by atoms with Crippen molar-refractivity contribution in [3.05, 3.63) is 47.2 Å². The second-order valence-corrected chi connectivity index (χ2v) is 5.74. The maximum atomic E-state index is 12.1. The fraction of sp³-hybridized carbons (Fsp3) is 0.333. The summed E-state index contributed by atoms with van der Waals surface area (Å²) in [6.45, 7) is 8.23. The first-order valence-electron chi connectivity index (χ1n) is 6.30. The number of hydrogen-bond donors (Lipinski definition) is 2. The number of amides is 1. The van der Waals surface area contributed by atoms with E-state index in [9.17, 15) is 4.79 Å². The molecule has 0 aliphatic heterocycles. The number of hydrogen-bond acceptors (Lipinski definition) is 2. The van der Waals surface area contributed by atoms with Crippen LogP contribution in [-0.2, 0) is 5.41 Å². The lowest BCUT2D eigenvalue weighted by Crippen LogP contribution is -2.12. The van der Waals surface area contributed by atoms with Crippen molar-refractivity contribution < 1.29 is 4.79 Å². The average molecular weight is 257 g/mol. The van der Waals surface area contributed by atoms with Crippen LogP contribution in [0.2, 0.25) is 0 Å². The Hall–Kier alpha value is -2.10. The van der Waals surface area contributed by atoms with Crippen LogP contribution in [-0.4, -0.2) is 16.1 Å².